The van der Waals surface area contributed by atoms with Crippen LogP contribution in [0.15, 0.2) is 170 Å². The fourth-order valence-corrected chi connectivity index (χ4v) is 6.48. The number of halogens is 4. The summed E-state index contributed by atoms with van der Waals surface area (Å²) < 4.78 is 64.1. The molecule has 0 aliphatic heterocycles. The molecular formula is C42H32F4N4O2. The highest BCUT2D eigenvalue weighted by Gasteiger charge is 2.39. The maximum Gasteiger partial charge on any atom is 0.387 e. The minimum atomic E-state index is -3.25. The second-order valence-electron chi connectivity index (χ2n) is 11.8. The van der Waals surface area contributed by atoms with Gasteiger partial charge in [-0.2, -0.15) is 22.7 Å². The maximum absolute atomic E-state index is 13.4. The number of pyridine rings is 1. The van der Waals surface area contributed by atoms with E-state index in [4.69, 9.17) is 5.10 Å². The lowest BCUT2D eigenvalue weighted by molar-refractivity contribution is -0.0692. The normalized spacial score (nSPS) is 11.5. The Bertz CT molecular complexity index is 2110. The molecule has 260 valence electrons. The molecule has 0 amide bonds. The Labute approximate surface area is 298 Å². The van der Waals surface area contributed by atoms with E-state index in [-0.39, 0.29) is 6.54 Å². The van der Waals surface area contributed by atoms with Crippen molar-refractivity contribution in [2.24, 2.45) is 0 Å². The van der Waals surface area contributed by atoms with E-state index in [2.05, 4.69) is 50.9 Å². The first-order valence-corrected chi connectivity index (χ1v) is 16.4. The predicted octanol–water partition coefficient (Wildman–Crippen LogP) is 10.3. The molecule has 0 radical (unpaired) electrons. The van der Waals surface area contributed by atoms with Crippen molar-refractivity contribution in [3.05, 3.63) is 193 Å². The number of nitrogens with zero attached hydrogens (tertiary/aromatic N) is 4. The molecule has 7 rings (SSSR count). The number of ether oxygens (including phenoxy) is 2. The largest absolute Gasteiger partial charge is 0.431 e. The van der Waals surface area contributed by atoms with Crippen LogP contribution in [0, 0.1) is 0 Å². The summed E-state index contributed by atoms with van der Waals surface area (Å²) in [4.78, 5) is 6.08. The predicted molar refractivity (Wildman–Crippen MR) is 192 cm³/mol. The van der Waals surface area contributed by atoms with Crippen LogP contribution in [0.4, 0.5) is 28.9 Å². The molecule has 6 nitrogen and oxygen atoms in total. The van der Waals surface area contributed by atoms with Crippen molar-refractivity contribution in [2.75, 3.05) is 4.90 Å². The smallest absolute Gasteiger partial charge is 0.387 e. The Hall–Kier alpha value is -6.42. The zero-order valence-electron chi connectivity index (χ0n) is 27.6. The molecule has 0 saturated heterocycles. The highest BCUT2D eigenvalue weighted by Crippen LogP contribution is 2.42. The molecule has 0 spiro atoms. The van der Waals surface area contributed by atoms with Gasteiger partial charge in [0.05, 0.1) is 5.69 Å². The summed E-state index contributed by atoms with van der Waals surface area (Å²) in [6.07, 6.45) is 5.31. The summed E-state index contributed by atoms with van der Waals surface area (Å²) in [6.45, 7) is -6.21. The van der Waals surface area contributed by atoms with Crippen molar-refractivity contribution in [1.29, 1.82) is 0 Å². The van der Waals surface area contributed by atoms with Gasteiger partial charge in [0.25, 0.3) is 0 Å². The molecule has 0 N–H and O–H groups in total. The highest BCUT2D eigenvalue weighted by atomic mass is 19.3. The van der Waals surface area contributed by atoms with E-state index < -0.39 is 30.3 Å². The van der Waals surface area contributed by atoms with Crippen LogP contribution < -0.4 is 14.4 Å². The standard InChI is InChI=1S/C42H32F4N4O2/c43-40(44)51-38-22-21-36(27-39(38)52-41(45)46)49(29-30-12-11-24-47-28-30)35-20-10-13-31(26-35)37-23-25-50(48-37)42(32-14-4-1-5-15-32,33-16-6-2-7-17-33)34-18-8-3-9-19-34/h1-28,40-41H,29H2. The monoisotopic (exact) mass is 700 g/mol. The Balaban J connectivity index is 1.34. The van der Waals surface area contributed by atoms with Crippen molar-refractivity contribution in [3.63, 3.8) is 0 Å². The van der Waals surface area contributed by atoms with Crippen LogP contribution >= 0.6 is 0 Å². The first-order valence-electron chi connectivity index (χ1n) is 16.4. The third-order valence-electron chi connectivity index (χ3n) is 8.70. The van der Waals surface area contributed by atoms with E-state index in [0.717, 1.165) is 27.8 Å². The highest BCUT2D eigenvalue weighted by molar-refractivity contribution is 5.72. The van der Waals surface area contributed by atoms with Crippen molar-refractivity contribution in [2.45, 2.75) is 25.3 Å². The van der Waals surface area contributed by atoms with Crippen molar-refractivity contribution in [1.82, 2.24) is 14.8 Å². The van der Waals surface area contributed by atoms with E-state index in [1.54, 1.807) is 18.5 Å². The third-order valence-corrected chi connectivity index (χ3v) is 8.70. The van der Waals surface area contributed by atoms with Gasteiger partial charge in [-0.05, 0) is 58.7 Å². The van der Waals surface area contributed by atoms with Gasteiger partial charge in [0.2, 0.25) is 0 Å². The lowest BCUT2D eigenvalue weighted by Gasteiger charge is -2.36. The summed E-state index contributed by atoms with van der Waals surface area (Å²) >= 11 is 0. The molecule has 0 unspecified atom stereocenters. The minimum Gasteiger partial charge on any atom is -0.431 e. The molecule has 0 aliphatic carbocycles. The maximum atomic E-state index is 13.4. The molecule has 7 aromatic rings. The van der Waals surface area contributed by atoms with Gasteiger partial charge in [-0.3, -0.25) is 9.67 Å². The quantitative estimate of drug-likeness (QED) is 0.0886. The van der Waals surface area contributed by atoms with E-state index in [1.165, 1.54) is 18.2 Å². The molecule has 0 aliphatic rings. The molecule has 2 aromatic heterocycles. The van der Waals surface area contributed by atoms with E-state index >= 15 is 0 Å². The second-order valence-corrected chi connectivity index (χ2v) is 11.8. The molecule has 0 saturated carbocycles. The van der Waals surface area contributed by atoms with Gasteiger partial charge in [0, 0.05) is 48.1 Å². The number of benzene rings is 5. The van der Waals surface area contributed by atoms with Crippen molar-refractivity contribution < 1.29 is 27.0 Å². The summed E-state index contributed by atoms with van der Waals surface area (Å²) in [5.74, 6) is -1.02. The first-order chi connectivity index (χ1) is 25.4. The Kier molecular flexibility index (Phi) is 9.97. The van der Waals surface area contributed by atoms with Crippen LogP contribution in [-0.4, -0.2) is 28.0 Å². The van der Waals surface area contributed by atoms with E-state index in [0.29, 0.717) is 17.1 Å². The minimum absolute atomic E-state index is 0.272. The molecule has 5 aromatic carbocycles. The number of anilines is 2. The molecule has 10 heteroatoms. The average molecular weight is 701 g/mol. The molecule has 0 atom stereocenters. The molecule has 0 bridgehead atoms. The van der Waals surface area contributed by atoms with Crippen LogP contribution in [0.2, 0.25) is 0 Å². The second kappa shape index (κ2) is 15.2. The van der Waals surface area contributed by atoms with E-state index in [1.807, 2.05) is 107 Å². The fraction of sp³-hybridized carbons (Fsp3) is 0.0952. The van der Waals surface area contributed by atoms with Crippen LogP contribution in [0.1, 0.15) is 22.3 Å². The van der Waals surface area contributed by atoms with Gasteiger partial charge in [-0.25, -0.2) is 0 Å². The van der Waals surface area contributed by atoms with Crippen LogP contribution in [0.25, 0.3) is 11.3 Å². The number of hydrogen-bond acceptors (Lipinski definition) is 5. The van der Waals surface area contributed by atoms with Gasteiger partial charge >= 0.3 is 13.2 Å². The lowest BCUT2D eigenvalue weighted by Crippen LogP contribution is -2.38. The topological polar surface area (TPSA) is 52.4 Å². The van der Waals surface area contributed by atoms with Crippen molar-refractivity contribution in [3.8, 4) is 22.8 Å². The summed E-state index contributed by atoms with van der Waals surface area (Å²) in [7, 11) is 0. The zero-order chi connectivity index (χ0) is 35.9. The Morgan fingerprint density at radius 1 is 0.596 bits per heavy atom. The average Bonchev–Trinajstić information content (AvgIpc) is 3.67. The number of alkyl halides is 4. The number of rotatable bonds is 13. The summed E-state index contributed by atoms with van der Waals surface area (Å²) in [6, 6.07) is 47.9. The van der Waals surface area contributed by atoms with E-state index in [9.17, 15) is 17.6 Å². The SMILES string of the molecule is FC(F)Oc1ccc(N(Cc2cccnc2)c2cccc(-c3ccn(C(c4ccccc4)(c4ccccc4)c4ccccc4)n3)c2)cc1OC(F)F. The number of hydrogen-bond donors (Lipinski definition) is 0. The van der Waals surface area contributed by atoms with Crippen LogP contribution in [0.5, 0.6) is 11.5 Å². The van der Waals surface area contributed by atoms with Gasteiger partial charge in [-0.15, -0.1) is 0 Å². The van der Waals surface area contributed by atoms with Gasteiger partial charge in [0.1, 0.15) is 5.54 Å². The summed E-state index contributed by atoms with van der Waals surface area (Å²) in [5, 5.41) is 5.22. The number of aromatic nitrogens is 3. The third kappa shape index (κ3) is 7.09. The van der Waals surface area contributed by atoms with Crippen LogP contribution in [0.3, 0.4) is 0 Å². The fourth-order valence-electron chi connectivity index (χ4n) is 6.48. The van der Waals surface area contributed by atoms with Crippen LogP contribution in [-0.2, 0) is 12.1 Å². The van der Waals surface area contributed by atoms with Gasteiger partial charge in [0.15, 0.2) is 11.5 Å². The molecule has 0 fully saturated rings. The Morgan fingerprint density at radius 3 is 1.77 bits per heavy atom. The zero-order valence-corrected chi connectivity index (χ0v) is 27.6. The van der Waals surface area contributed by atoms with Crippen molar-refractivity contribution >= 4 is 11.4 Å². The van der Waals surface area contributed by atoms with Gasteiger partial charge < -0.3 is 14.4 Å². The lowest BCUT2D eigenvalue weighted by atomic mass is 9.77. The first kappa shape index (κ1) is 34.0. The molecule has 52 heavy (non-hydrogen) atoms. The van der Waals surface area contributed by atoms with Gasteiger partial charge in [-0.1, -0.05) is 109 Å². The summed E-state index contributed by atoms with van der Waals surface area (Å²) in [5.41, 5.74) is 5.66. The Morgan fingerprint density at radius 2 is 1.19 bits per heavy atom. The molecular weight excluding hydrogens is 668 g/mol. The molecule has 2 heterocycles.